The summed E-state index contributed by atoms with van der Waals surface area (Å²) in [6.07, 6.45) is 4.38. The van der Waals surface area contributed by atoms with Crippen molar-refractivity contribution in [3.8, 4) is 16.9 Å². The lowest BCUT2D eigenvalue weighted by Gasteiger charge is -2.14. The van der Waals surface area contributed by atoms with Crippen LogP contribution in [0.15, 0.2) is 53.5 Å². The Morgan fingerprint density at radius 2 is 2.08 bits per heavy atom. The van der Waals surface area contributed by atoms with Gasteiger partial charge in [-0.25, -0.2) is 0 Å². The molecular weight excluding hydrogens is 320 g/mol. The average Bonchev–Trinajstić information content (AvgIpc) is 3.25. The fourth-order valence-corrected chi connectivity index (χ4v) is 3.44. The number of ether oxygens (including phenoxy) is 1. The van der Waals surface area contributed by atoms with Gasteiger partial charge in [0.1, 0.15) is 5.75 Å². The van der Waals surface area contributed by atoms with Gasteiger partial charge in [-0.15, -0.1) is 0 Å². The molecule has 0 fully saturated rings. The summed E-state index contributed by atoms with van der Waals surface area (Å²) < 4.78 is 5.41. The lowest BCUT2D eigenvalue weighted by atomic mass is 10.0. The van der Waals surface area contributed by atoms with Crippen LogP contribution in [-0.4, -0.2) is 24.0 Å². The average molecular weight is 340 g/mol. The van der Waals surface area contributed by atoms with Crippen molar-refractivity contribution in [1.29, 1.82) is 0 Å². The van der Waals surface area contributed by atoms with E-state index >= 15 is 0 Å². The fraction of sp³-hybridized carbons (Fsp3) is 0.211. The van der Waals surface area contributed by atoms with Crippen LogP contribution >= 0.6 is 11.3 Å². The van der Waals surface area contributed by atoms with E-state index in [1.807, 2.05) is 37.4 Å². The van der Waals surface area contributed by atoms with Gasteiger partial charge in [-0.3, -0.25) is 4.79 Å². The largest absolute Gasteiger partial charge is 0.496 e. The predicted octanol–water partition coefficient (Wildman–Crippen LogP) is 4.11. The normalized spacial score (nSPS) is 11.9. The highest BCUT2D eigenvalue weighted by atomic mass is 32.1. The molecule has 0 spiro atoms. The van der Waals surface area contributed by atoms with Gasteiger partial charge in [0.25, 0.3) is 5.91 Å². The van der Waals surface area contributed by atoms with Crippen molar-refractivity contribution >= 4 is 17.2 Å². The first kappa shape index (κ1) is 16.3. The second-order valence-electron chi connectivity index (χ2n) is 5.69. The van der Waals surface area contributed by atoms with E-state index in [2.05, 4.69) is 27.1 Å². The lowest BCUT2D eigenvalue weighted by molar-refractivity contribution is 0.0941. The third-order valence-electron chi connectivity index (χ3n) is 3.89. The molecule has 2 heterocycles. The van der Waals surface area contributed by atoms with Crippen molar-refractivity contribution in [3.05, 3.63) is 64.6 Å². The van der Waals surface area contributed by atoms with Gasteiger partial charge in [-0.2, -0.15) is 11.3 Å². The van der Waals surface area contributed by atoms with Crippen molar-refractivity contribution in [1.82, 2.24) is 10.3 Å². The van der Waals surface area contributed by atoms with Crippen molar-refractivity contribution in [3.63, 3.8) is 0 Å². The highest BCUT2D eigenvalue weighted by Gasteiger charge is 2.18. The lowest BCUT2D eigenvalue weighted by Crippen LogP contribution is -2.34. The van der Waals surface area contributed by atoms with Crippen LogP contribution < -0.4 is 10.1 Å². The number of thiophene rings is 1. The maximum absolute atomic E-state index is 12.7. The van der Waals surface area contributed by atoms with Gasteiger partial charge in [0.15, 0.2) is 0 Å². The minimum atomic E-state index is -0.0834. The Labute approximate surface area is 145 Å². The van der Waals surface area contributed by atoms with Crippen molar-refractivity contribution < 1.29 is 9.53 Å². The maximum Gasteiger partial charge on any atom is 0.253 e. The molecule has 3 aromatic rings. The van der Waals surface area contributed by atoms with Gasteiger partial charge in [0, 0.05) is 29.6 Å². The molecule has 0 aliphatic heterocycles. The van der Waals surface area contributed by atoms with Crippen LogP contribution in [0.2, 0.25) is 0 Å². The number of aromatic nitrogens is 1. The van der Waals surface area contributed by atoms with E-state index in [1.54, 1.807) is 24.6 Å². The standard InChI is InChI=1S/C19H20N2O2S/c1-13(9-14-7-8-24-12-14)21-19(22)17-11-20-10-16(17)15-5-3-4-6-18(15)23-2/h3-8,10-13,20H,9H2,1-2H3,(H,21,22)/t13-/m0/s1. The Balaban J connectivity index is 1.78. The quantitative estimate of drug-likeness (QED) is 0.709. The number of carbonyl (C=O) groups is 1. The van der Waals surface area contributed by atoms with E-state index in [9.17, 15) is 4.79 Å². The fourth-order valence-electron chi connectivity index (χ4n) is 2.76. The second kappa shape index (κ2) is 7.36. The number of hydrogen-bond donors (Lipinski definition) is 2. The van der Waals surface area contributed by atoms with Gasteiger partial charge < -0.3 is 15.0 Å². The smallest absolute Gasteiger partial charge is 0.253 e. The van der Waals surface area contributed by atoms with E-state index in [4.69, 9.17) is 4.74 Å². The summed E-state index contributed by atoms with van der Waals surface area (Å²) in [5.41, 5.74) is 3.60. The van der Waals surface area contributed by atoms with Gasteiger partial charge in [-0.05, 0) is 41.8 Å². The molecule has 2 aromatic heterocycles. The topological polar surface area (TPSA) is 54.1 Å². The van der Waals surface area contributed by atoms with Crippen LogP contribution in [0.25, 0.3) is 11.1 Å². The Bertz CT molecular complexity index is 808. The molecule has 3 rings (SSSR count). The number of methoxy groups -OCH3 is 1. The number of nitrogens with one attached hydrogen (secondary N) is 2. The van der Waals surface area contributed by atoms with Gasteiger partial charge >= 0.3 is 0 Å². The van der Waals surface area contributed by atoms with Crippen LogP contribution in [-0.2, 0) is 6.42 Å². The zero-order chi connectivity index (χ0) is 16.9. The number of hydrogen-bond acceptors (Lipinski definition) is 3. The first-order chi connectivity index (χ1) is 11.7. The Morgan fingerprint density at radius 3 is 2.83 bits per heavy atom. The number of amides is 1. The summed E-state index contributed by atoms with van der Waals surface area (Å²) in [5.74, 6) is 0.664. The number of carbonyl (C=O) groups excluding carboxylic acids is 1. The summed E-state index contributed by atoms with van der Waals surface area (Å²) in [6, 6.07) is 9.84. The first-order valence-corrected chi connectivity index (χ1v) is 8.75. The first-order valence-electron chi connectivity index (χ1n) is 7.81. The molecule has 24 heavy (non-hydrogen) atoms. The number of H-pyrrole nitrogens is 1. The summed E-state index contributed by atoms with van der Waals surface area (Å²) in [4.78, 5) is 15.7. The number of benzene rings is 1. The molecule has 5 heteroatoms. The van der Waals surface area contributed by atoms with E-state index in [0.29, 0.717) is 5.56 Å². The molecule has 124 valence electrons. The molecule has 2 N–H and O–H groups in total. The van der Waals surface area contributed by atoms with Gasteiger partial charge in [0.2, 0.25) is 0 Å². The van der Waals surface area contributed by atoms with Crippen LogP contribution in [0.1, 0.15) is 22.8 Å². The predicted molar refractivity (Wildman–Crippen MR) is 97.7 cm³/mol. The summed E-state index contributed by atoms with van der Waals surface area (Å²) in [5, 5.41) is 7.23. The minimum absolute atomic E-state index is 0.0625. The molecule has 1 atom stereocenters. The summed E-state index contributed by atoms with van der Waals surface area (Å²) in [7, 11) is 1.63. The van der Waals surface area contributed by atoms with E-state index in [1.165, 1.54) is 5.56 Å². The second-order valence-corrected chi connectivity index (χ2v) is 6.47. The zero-order valence-electron chi connectivity index (χ0n) is 13.7. The monoisotopic (exact) mass is 340 g/mol. The van der Waals surface area contributed by atoms with Crippen LogP contribution in [0.5, 0.6) is 5.75 Å². The van der Waals surface area contributed by atoms with E-state index < -0.39 is 0 Å². The third kappa shape index (κ3) is 3.51. The highest BCUT2D eigenvalue weighted by molar-refractivity contribution is 7.07. The highest BCUT2D eigenvalue weighted by Crippen LogP contribution is 2.32. The van der Waals surface area contributed by atoms with Crippen molar-refractivity contribution in [2.24, 2.45) is 0 Å². The van der Waals surface area contributed by atoms with Crippen LogP contribution in [0.4, 0.5) is 0 Å². The molecule has 0 unspecified atom stereocenters. The summed E-state index contributed by atoms with van der Waals surface area (Å²) >= 11 is 1.67. The van der Waals surface area contributed by atoms with Gasteiger partial charge in [-0.1, -0.05) is 18.2 Å². The Morgan fingerprint density at radius 1 is 1.25 bits per heavy atom. The van der Waals surface area contributed by atoms with E-state index in [-0.39, 0.29) is 11.9 Å². The molecule has 0 bridgehead atoms. The molecular formula is C19H20N2O2S. The Kier molecular flexibility index (Phi) is 5.01. The number of aromatic amines is 1. The van der Waals surface area contributed by atoms with Crippen LogP contribution in [0.3, 0.4) is 0 Å². The number of rotatable bonds is 6. The molecule has 0 saturated carbocycles. The molecule has 0 saturated heterocycles. The summed E-state index contributed by atoms with van der Waals surface area (Å²) in [6.45, 7) is 2.02. The minimum Gasteiger partial charge on any atom is -0.496 e. The van der Waals surface area contributed by atoms with Crippen LogP contribution in [0, 0.1) is 0 Å². The number of para-hydroxylation sites is 1. The van der Waals surface area contributed by atoms with E-state index in [0.717, 1.165) is 23.3 Å². The molecule has 1 amide bonds. The molecule has 0 radical (unpaired) electrons. The zero-order valence-corrected chi connectivity index (χ0v) is 14.5. The van der Waals surface area contributed by atoms with Crippen molar-refractivity contribution in [2.45, 2.75) is 19.4 Å². The van der Waals surface area contributed by atoms with Gasteiger partial charge in [0.05, 0.1) is 12.7 Å². The molecule has 0 aliphatic carbocycles. The third-order valence-corrected chi connectivity index (χ3v) is 4.62. The Hall–Kier alpha value is -2.53. The van der Waals surface area contributed by atoms with Crippen molar-refractivity contribution in [2.75, 3.05) is 7.11 Å². The molecule has 4 nitrogen and oxygen atoms in total. The SMILES string of the molecule is COc1ccccc1-c1c[nH]cc1C(=O)N[C@@H](C)Cc1ccsc1. The molecule has 1 aromatic carbocycles. The molecule has 0 aliphatic rings. The maximum atomic E-state index is 12.7.